The molecule has 1 N–H and O–H groups in total. The Morgan fingerprint density at radius 2 is 2.04 bits per heavy atom. The number of fused-ring (bicyclic) bond motifs is 4. The minimum absolute atomic E-state index is 0.0883. The predicted octanol–water partition coefficient (Wildman–Crippen LogP) is 4.93. The van der Waals surface area contributed by atoms with Gasteiger partial charge in [0.1, 0.15) is 5.75 Å². The van der Waals surface area contributed by atoms with E-state index in [4.69, 9.17) is 40.2 Å². The van der Waals surface area contributed by atoms with Gasteiger partial charge in [-0.05, 0) is 43.4 Å². The average molecular weight is 365 g/mol. The van der Waals surface area contributed by atoms with Crippen LogP contribution in [0.1, 0.15) is 24.9 Å². The summed E-state index contributed by atoms with van der Waals surface area (Å²) in [4.78, 5) is 1.97. The van der Waals surface area contributed by atoms with E-state index >= 15 is 0 Å². The second kappa shape index (κ2) is 5.26. The van der Waals surface area contributed by atoms with Gasteiger partial charge in [0.05, 0.1) is 11.1 Å². The molecule has 2 heterocycles. The van der Waals surface area contributed by atoms with Gasteiger partial charge in [0.15, 0.2) is 10.8 Å². The second-order valence-electron chi connectivity index (χ2n) is 5.96. The van der Waals surface area contributed by atoms with Crippen molar-refractivity contribution >= 4 is 46.2 Å². The molecule has 0 unspecified atom stereocenters. The summed E-state index contributed by atoms with van der Waals surface area (Å²) >= 11 is 18.1. The van der Waals surface area contributed by atoms with Gasteiger partial charge in [-0.2, -0.15) is 0 Å². The van der Waals surface area contributed by atoms with Gasteiger partial charge in [-0.25, -0.2) is 0 Å². The maximum Gasteiger partial charge on any atom is 0.188 e. The fraction of sp³-hybridized carbons (Fsp3) is 0.235. The van der Waals surface area contributed by atoms with E-state index in [1.165, 1.54) is 0 Å². The molecule has 2 aliphatic heterocycles. The number of nitrogens with one attached hydrogen (secondary N) is 1. The molecule has 0 saturated carbocycles. The van der Waals surface area contributed by atoms with Crippen LogP contribution in [0.5, 0.6) is 5.75 Å². The summed E-state index contributed by atoms with van der Waals surface area (Å²) < 4.78 is 6.32. The molecular weight excluding hydrogens is 351 g/mol. The highest BCUT2D eigenvalue weighted by atomic mass is 35.5. The number of anilines is 1. The number of para-hydroxylation sites is 1. The van der Waals surface area contributed by atoms with Gasteiger partial charge < -0.3 is 10.1 Å². The first kappa shape index (κ1) is 15.1. The fourth-order valence-corrected chi connectivity index (χ4v) is 4.20. The molecule has 3 nitrogen and oxygen atoms in total. The van der Waals surface area contributed by atoms with Crippen molar-refractivity contribution in [3.63, 3.8) is 0 Å². The minimum Gasteiger partial charge on any atom is -0.466 e. The van der Waals surface area contributed by atoms with Crippen LogP contribution in [0, 0.1) is 0 Å². The third-order valence-corrected chi connectivity index (χ3v) is 5.15. The van der Waals surface area contributed by atoms with Crippen LogP contribution in [0.25, 0.3) is 0 Å². The molecule has 1 saturated heterocycles. The highest BCUT2D eigenvalue weighted by Gasteiger charge is 2.48. The maximum absolute atomic E-state index is 6.35. The molecule has 2 aromatic carbocycles. The summed E-state index contributed by atoms with van der Waals surface area (Å²) in [6.07, 6.45) is 0.757. The summed E-state index contributed by atoms with van der Waals surface area (Å²) in [5.74, 6) is 0.718. The van der Waals surface area contributed by atoms with Crippen molar-refractivity contribution in [2.75, 3.05) is 4.90 Å². The molecule has 2 atom stereocenters. The molecule has 118 valence electrons. The smallest absolute Gasteiger partial charge is 0.188 e. The fourth-order valence-electron chi connectivity index (χ4n) is 3.36. The number of thiocarbonyl (C=S) groups is 1. The third kappa shape index (κ3) is 2.36. The van der Waals surface area contributed by atoms with Crippen molar-refractivity contribution in [1.29, 1.82) is 0 Å². The summed E-state index contributed by atoms with van der Waals surface area (Å²) in [6.45, 7) is 2.03. The lowest BCUT2D eigenvalue weighted by atomic mass is 9.90. The van der Waals surface area contributed by atoms with Crippen LogP contribution in [-0.2, 0) is 0 Å². The first-order valence-electron chi connectivity index (χ1n) is 7.32. The van der Waals surface area contributed by atoms with E-state index in [9.17, 15) is 0 Å². The Hall–Kier alpha value is -1.49. The number of hydrogen-bond donors (Lipinski definition) is 1. The van der Waals surface area contributed by atoms with E-state index in [1.807, 2.05) is 54.3 Å². The Morgan fingerprint density at radius 3 is 2.83 bits per heavy atom. The summed E-state index contributed by atoms with van der Waals surface area (Å²) in [6, 6.07) is 13.5. The van der Waals surface area contributed by atoms with Crippen LogP contribution >= 0.6 is 35.4 Å². The zero-order valence-corrected chi connectivity index (χ0v) is 14.7. The Kier molecular flexibility index (Phi) is 3.45. The molecule has 23 heavy (non-hydrogen) atoms. The molecule has 0 amide bonds. The Balaban J connectivity index is 1.84. The third-order valence-electron chi connectivity index (χ3n) is 4.32. The molecule has 2 aromatic rings. The summed E-state index contributed by atoms with van der Waals surface area (Å²) in [7, 11) is 0. The van der Waals surface area contributed by atoms with E-state index in [0.29, 0.717) is 15.2 Å². The molecule has 1 fully saturated rings. The van der Waals surface area contributed by atoms with Crippen LogP contribution in [0.15, 0.2) is 42.5 Å². The molecular formula is C17H14Cl2N2OS. The Bertz CT molecular complexity index is 813. The molecule has 6 heteroatoms. The van der Waals surface area contributed by atoms with Gasteiger partial charge in [0.25, 0.3) is 0 Å². The number of halogens is 2. The van der Waals surface area contributed by atoms with Crippen LogP contribution in [-0.4, -0.2) is 10.8 Å². The van der Waals surface area contributed by atoms with Crippen LogP contribution in [0.2, 0.25) is 10.0 Å². The number of benzene rings is 2. The monoisotopic (exact) mass is 364 g/mol. The normalized spacial score (nSPS) is 25.4. The zero-order valence-electron chi connectivity index (χ0n) is 12.3. The zero-order chi connectivity index (χ0) is 16.2. The first-order chi connectivity index (χ1) is 11.0. The number of hydrogen-bond acceptors (Lipinski definition) is 2. The highest BCUT2D eigenvalue weighted by Crippen LogP contribution is 2.48. The SMILES string of the molecule is C[C@@]12C[C@@H](NC(=S)N1c1cccc(Cl)c1)c1cccc(Cl)c1O2. The van der Waals surface area contributed by atoms with Gasteiger partial charge >= 0.3 is 0 Å². The van der Waals surface area contributed by atoms with E-state index in [2.05, 4.69) is 5.32 Å². The van der Waals surface area contributed by atoms with Crippen molar-refractivity contribution in [3.8, 4) is 5.75 Å². The van der Waals surface area contributed by atoms with Crippen molar-refractivity contribution in [1.82, 2.24) is 5.32 Å². The number of ether oxygens (including phenoxy) is 1. The largest absolute Gasteiger partial charge is 0.466 e. The predicted molar refractivity (Wildman–Crippen MR) is 97.5 cm³/mol. The van der Waals surface area contributed by atoms with Gasteiger partial charge in [0.2, 0.25) is 0 Å². The molecule has 4 rings (SSSR count). The van der Waals surface area contributed by atoms with Crippen molar-refractivity contribution in [3.05, 3.63) is 58.1 Å². The molecule has 2 bridgehead atoms. The van der Waals surface area contributed by atoms with E-state index in [0.717, 1.165) is 23.4 Å². The first-order valence-corrected chi connectivity index (χ1v) is 8.48. The maximum atomic E-state index is 6.35. The standard InChI is InChI=1S/C17H14Cl2N2OS/c1-17-9-14(12-6-3-7-13(19)15(12)22-17)20-16(23)21(17)11-5-2-4-10(18)8-11/h2-8,14H,9H2,1H3,(H,20,23)/t14-,17-/m1/s1. The Labute approximate surface area is 150 Å². The van der Waals surface area contributed by atoms with E-state index in [1.54, 1.807) is 0 Å². The van der Waals surface area contributed by atoms with Crippen LogP contribution < -0.4 is 15.0 Å². The lowest BCUT2D eigenvalue weighted by Gasteiger charge is -2.52. The summed E-state index contributed by atoms with van der Waals surface area (Å²) in [5.41, 5.74) is 1.32. The van der Waals surface area contributed by atoms with Crippen molar-refractivity contribution in [2.24, 2.45) is 0 Å². The van der Waals surface area contributed by atoms with Gasteiger partial charge in [-0.15, -0.1) is 0 Å². The second-order valence-corrected chi connectivity index (χ2v) is 7.19. The molecule has 2 aliphatic rings. The molecule has 0 aliphatic carbocycles. The number of rotatable bonds is 1. The van der Waals surface area contributed by atoms with E-state index in [-0.39, 0.29) is 6.04 Å². The lowest BCUT2D eigenvalue weighted by molar-refractivity contribution is 0.0499. The van der Waals surface area contributed by atoms with Gasteiger partial charge in [-0.1, -0.05) is 41.4 Å². The number of nitrogens with zero attached hydrogens (tertiary/aromatic N) is 1. The van der Waals surface area contributed by atoms with Gasteiger partial charge in [0, 0.05) is 22.7 Å². The molecule has 0 radical (unpaired) electrons. The molecule has 0 aromatic heterocycles. The van der Waals surface area contributed by atoms with Crippen LogP contribution in [0.4, 0.5) is 5.69 Å². The Morgan fingerprint density at radius 1 is 1.26 bits per heavy atom. The van der Waals surface area contributed by atoms with Crippen LogP contribution in [0.3, 0.4) is 0 Å². The quantitative estimate of drug-likeness (QED) is 0.725. The summed E-state index contributed by atoms with van der Waals surface area (Å²) in [5, 5.41) is 5.29. The topological polar surface area (TPSA) is 24.5 Å². The van der Waals surface area contributed by atoms with Crippen molar-refractivity contribution < 1.29 is 4.74 Å². The van der Waals surface area contributed by atoms with Gasteiger partial charge in [-0.3, -0.25) is 4.90 Å². The minimum atomic E-state index is -0.615. The molecule has 0 spiro atoms. The highest BCUT2D eigenvalue weighted by molar-refractivity contribution is 7.80. The average Bonchev–Trinajstić information content (AvgIpc) is 2.48. The lowest BCUT2D eigenvalue weighted by Crippen LogP contribution is -2.65. The van der Waals surface area contributed by atoms with E-state index < -0.39 is 5.72 Å². The van der Waals surface area contributed by atoms with Crippen molar-refractivity contribution in [2.45, 2.75) is 25.1 Å².